The number of carbonyl (C=O) groups excluding carboxylic acids is 3. The van der Waals surface area contributed by atoms with Gasteiger partial charge in [-0.05, 0) is 32.0 Å². The highest BCUT2D eigenvalue weighted by Gasteiger charge is 2.35. The van der Waals surface area contributed by atoms with Crippen molar-refractivity contribution in [3.8, 4) is 0 Å². The minimum atomic E-state index is -0.391. The number of nitrogens with zero attached hydrogens (tertiary/aromatic N) is 2. The van der Waals surface area contributed by atoms with Crippen molar-refractivity contribution in [1.29, 1.82) is 0 Å². The quantitative estimate of drug-likeness (QED) is 0.603. The van der Waals surface area contributed by atoms with Gasteiger partial charge in [0, 0.05) is 37.3 Å². The molecule has 2 aliphatic heterocycles. The van der Waals surface area contributed by atoms with Crippen LogP contribution in [0.1, 0.15) is 44.9 Å². The number of morpholine rings is 1. The zero-order chi connectivity index (χ0) is 19.6. The second-order valence-electron chi connectivity index (χ2n) is 7.36. The van der Waals surface area contributed by atoms with Gasteiger partial charge in [-0.2, -0.15) is 0 Å². The van der Waals surface area contributed by atoms with E-state index in [-0.39, 0.29) is 29.5 Å². The van der Waals surface area contributed by atoms with Crippen molar-refractivity contribution in [2.75, 3.05) is 39.4 Å². The number of amides is 3. The highest BCUT2D eigenvalue weighted by atomic mass is 16.5. The van der Waals surface area contributed by atoms with Crippen LogP contribution in [0.5, 0.6) is 0 Å². The zero-order valence-electron chi connectivity index (χ0n) is 15.8. The SMILES string of the molecule is C=CCN1C(=O)c2ccc(C(=O)NCC(C)(C)N3CCOCC3)cc2C1=O. The molecule has 1 aromatic carbocycles. The molecule has 1 fully saturated rings. The average molecular weight is 371 g/mol. The van der Waals surface area contributed by atoms with Gasteiger partial charge in [-0.25, -0.2) is 0 Å². The smallest absolute Gasteiger partial charge is 0.261 e. The van der Waals surface area contributed by atoms with Gasteiger partial charge >= 0.3 is 0 Å². The molecular formula is C20H25N3O4. The standard InChI is InChI=1S/C20H25N3O4/c1-4-7-23-18(25)15-6-5-14(12-16(15)19(23)26)17(24)21-13-20(2,3)22-8-10-27-11-9-22/h4-6,12H,1,7-11,13H2,2-3H3,(H,21,24). The summed E-state index contributed by atoms with van der Waals surface area (Å²) >= 11 is 0. The zero-order valence-corrected chi connectivity index (χ0v) is 15.8. The van der Waals surface area contributed by atoms with E-state index in [0.29, 0.717) is 30.9 Å². The summed E-state index contributed by atoms with van der Waals surface area (Å²) < 4.78 is 5.38. The molecule has 1 aromatic rings. The van der Waals surface area contributed by atoms with E-state index in [1.807, 2.05) is 0 Å². The topological polar surface area (TPSA) is 79.0 Å². The molecule has 7 heteroatoms. The maximum absolute atomic E-state index is 12.6. The Hall–Kier alpha value is -2.51. The van der Waals surface area contributed by atoms with E-state index in [2.05, 4.69) is 30.6 Å². The summed E-state index contributed by atoms with van der Waals surface area (Å²) in [6, 6.07) is 4.62. The summed E-state index contributed by atoms with van der Waals surface area (Å²) in [6.07, 6.45) is 1.50. The molecule has 0 atom stereocenters. The summed E-state index contributed by atoms with van der Waals surface area (Å²) in [4.78, 5) is 40.7. The number of benzene rings is 1. The van der Waals surface area contributed by atoms with E-state index >= 15 is 0 Å². The van der Waals surface area contributed by atoms with Gasteiger partial charge < -0.3 is 10.1 Å². The number of nitrogens with one attached hydrogen (secondary N) is 1. The lowest BCUT2D eigenvalue weighted by atomic mass is 10.0. The Bertz CT molecular complexity index is 781. The molecule has 7 nitrogen and oxygen atoms in total. The molecule has 1 N–H and O–H groups in total. The maximum atomic E-state index is 12.6. The number of ether oxygens (including phenoxy) is 1. The first-order valence-corrected chi connectivity index (χ1v) is 9.07. The summed E-state index contributed by atoms with van der Waals surface area (Å²) in [5.41, 5.74) is 0.755. The highest BCUT2D eigenvalue weighted by Crippen LogP contribution is 2.24. The van der Waals surface area contributed by atoms with E-state index in [0.717, 1.165) is 18.0 Å². The first-order valence-electron chi connectivity index (χ1n) is 9.07. The Kier molecular flexibility index (Phi) is 5.43. The second-order valence-corrected chi connectivity index (χ2v) is 7.36. The lowest BCUT2D eigenvalue weighted by molar-refractivity contribution is -0.00923. The number of carbonyl (C=O) groups is 3. The summed E-state index contributed by atoms with van der Waals surface area (Å²) in [6.45, 7) is 11.4. The molecule has 3 rings (SSSR count). The van der Waals surface area contributed by atoms with Crippen molar-refractivity contribution in [2.24, 2.45) is 0 Å². The fourth-order valence-electron chi connectivity index (χ4n) is 3.41. The van der Waals surface area contributed by atoms with Crippen LogP contribution >= 0.6 is 0 Å². The molecular weight excluding hydrogens is 346 g/mol. The van der Waals surface area contributed by atoms with Gasteiger partial charge in [0.2, 0.25) is 0 Å². The average Bonchev–Trinajstić information content (AvgIpc) is 2.91. The van der Waals surface area contributed by atoms with Crippen molar-refractivity contribution < 1.29 is 19.1 Å². The van der Waals surface area contributed by atoms with Crippen molar-refractivity contribution in [2.45, 2.75) is 19.4 Å². The molecule has 0 unspecified atom stereocenters. The van der Waals surface area contributed by atoms with Gasteiger partial charge in [-0.15, -0.1) is 6.58 Å². The summed E-state index contributed by atoms with van der Waals surface area (Å²) in [7, 11) is 0. The van der Waals surface area contributed by atoms with Gasteiger partial charge in [0.15, 0.2) is 0 Å². The lowest BCUT2D eigenvalue weighted by Crippen LogP contribution is -2.55. The molecule has 0 aromatic heterocycles. The molecule has 0 spiro atoms. The van der Waals surface area contributed by atoms with Crippen LogP contribution in [0.4, 0.5) is 0 Å². The van der Waals surface area contributed by atoms with Gasteiger partial charge in [0.25, 0.3) is 17.7 Å². The van der Waals surface area contributed by atoms with Gasteiger partial charge in [0.05, 0.1) is 24.3 Å². The molecule has 2 aliphatic rings. The predicted molar refractivity (Wildman–Crippen MR) is 101 cm³/mol. The minimum absolute atomic E-state index is 0.154. The first kappa shape index (κ1) is 19.3. The Morgan fingerprint density at radius 2 is 1.89 bits per heavy atom. The van der Waals surface area contributed by atoms with Gasteiger partial charge in [-0.1, -0.05) is 6.08 Å². The van der Waals surface area contributed by atoms with E-state index < -0.39 is 5.91 Å². The third-order valence-electron chi connectivity index (χ3n) is 5.09. The Labute approximate surface area is 159 Å². The molecule has 0 bridgehead atoms. The molecule has 0 saturated carbocycles. The van der Waals surface area contributed by atoms with Crippen LogP contribution in [0, 0.1) is 0 Å². The number of rotatable bonds is 6. The Balaban J connectivity index is 1.69. The normalized spacial score (nSPS) is 17.8. The monoisotopic (exact) mass is 371 g/mol. The fourth-order valence-corrected chi connectivity index (χ4v) is 3.41. The van der Waals surface area contributed by atoms with E-state index in [1.54, 1.807) is 12.1 Å². The van der Waals surface area contributed by atoms with E-state index in [9.17, 15) is 14.4 Å². The highest BCUT2D eigenvalue weighted by molar-refractivity contribution is 6.22. The lowest BCUT2D eigenvalue weighted by Gasteiger charge is -2.40. The second kappa shape index (κ2) is 7.62. The molecule has 144 valence electrons. The first-order chi connectivity index (χ1) is 12.8. The van der Waals surface area contributed by atoms with Crippen molar-refractivity contribution in [1.82, 2.24) is 15.1 Å². The van der Waals surface area contributed by atoms with Crippen LogP contribution in [0.15, 0.2) is 30.9 Å². The molecule has 1 saturated heterocycles. The van der Waals surface area contributed by atoms with Crippen LogP contribution < -0.4 is 5.32 Å². The Morgan fingerprint density at radius 3 is 2.56 bits per heavy atom. The third kappa shape index (κ3) is 3.79. The largest absolute Gasteiger partial charge is 0.379 e. The molecule has 3 amide bonds. The molecule has 2 heterocycles. The maximum Gasteiger partial charge on any atom is 0.261 e. The Morgan fingerprint density at radius 1 is 1.22 bits per heavy atom. The summed E-state index contributed by atoms with van der Waals surface area (Å²) in [5.74, 6) is -1.00. The number of hydrogen-bond donors (Lipinski definition) is 1. The summed E-state index contributed by atoms with van der Waals surface area (Å²) in [5, 5.41) is 2.94. The molecule has 27 heavy (non-hydrogen) atoms. The van der Waals surface area contributed by atoms with Crippen molar-refractivity contribution >= 4 is 17.7 Å². The third-order valence-corrected chi connectivity index (χ3v) is 5.09. The van der Waals surface area contributed by atoms with Crippen molar-refractivity contribution in [3.05, 3.63) is 47.5 Å². The van der Waals surface area contributed by atoms with Crippen LogP contribution in [0.3, 0.4) is 0 Å². The molecule has 0 radical (unpaired) electrons. The fraction of sp³-hybridized carbons (Fsp3) is 0.450. The van der Waals surface area contributed by atoms with Gasteiger partial charge in [-0.3, -0.25) is 24.2 Å². The number of imide groups is 1. The van der Waals surface area contributed by atoms with Crippen molar-refractivity contribution in [3.63, 3.8) is 0 Å². The van der Waals surface area contributed by atoms with E-state index in [4.69, 9.17) is 4.74 Å². The number of fused-ring (bicyclic) bond motifs is 1. The number of hydrogen-bond acceptors (Lipinski definition) is 5. The van der Waals surface area contributed by atoms with Crippen LogP contribution in [0.25, 0.3) is 0 Å². The van der Waals surface area contributed by atoms with E-state index in [1.165, 1.54) is 12.1 Å². The van der Waals surface area contributed by atoms with Crippen LogP contribution in [0.2, 0.25) is 0 Å². The van der Waals surface area contributed by atoms with Crippen LogP contribution in [-0.2, 0) is 4.74 Å². The molecule has 0 aliphatic carbocycles. The van der Waals surface area contributed by atoms with Gasteiger partial charge in [0.1, 0.15) is 0 Å². The minimum Gasteiger partial charge on any atom is -0.379 e. The van der Waals surface area contributed by atoms with Crippen LogP contribution in [-0.4, -0.2) is 72.5 Å². The predicted octanol–water partition coefficient (Wildman–Crippen LogP) is 1.31.